The largest absolute Gasteiger partial charge is 0.508 e. The van der Waals surface area contributed by atoms with E-state index < -0.39 is 10.0 Å². The Labute approximate surface area is 172 Å². The summed E-state index contributed by atoms with van der Waals surface area (Å²) in [7, 11) is -3.85. The Morgan fingerprint density at radius 3 is 2.80 bits per heavy atom. The van der Waals surface area contributed by atoms with Crippen LogP contribution in [0.3, 0.4) is 0 Å². The van der Waals surface area contributed by atoms with Crippen molar-refractivity contribution in [2.24, 2.45) is 0 Å². The Morgan fingerprint density at radius 2 is 2.00 bits per heavy atom. The number of hydrogen-bond donors (Lipinski definition) is 2. The minimum atomic E-state index is -3.85. The molecule has 10 heteroatoms. The van der Waals surface area contributed by atoms with Crippen molar-refractivity contribution in [2.45, 2.75) is 29.7 Å². The number of phenolic OH excluding ortho intramolecular Hbond substituents is 1. The number of fused-ring (bicyclic) bond motifs is 5. The summed E-state index contributed by atoms with van der Waals surface area (Å²) in [5.74, 6) is 0.134. The van der Waals surface area contributed by atoms with Crippen LogP contribution in [-0.4, -0.2) is 45.6 Å². The molecule has 0 saturated heterocycles. The summed E-state index contributed by atoms with van der Waals surface area (Å²) in [5.41, 5.74) is 2.68. The second kappa shape index (κ2) is 5.60. The van der Waals surface area contributed by atoms with Crippen molar-refractivity contribution in [3.63, 3.8) is 0 Å². The van der Waals surface area contributed by atoms with Crippen LogP contribution in [0.5, 0.6) is 5.75 Å². The number of sulfonamides is 1. The molecular weight excluding hydrogens is 406 g/mol. The molecule has 1 aromatic heterocycles. The number of rotatable bonds is 1. The van der Waals surface area contributed by atoms with E-state index in [0.29, 0.717) is 24.3 Å². The van der Waals surface area contributed by atoms with Gasteiger partial charge in [0.25, 0.3) is 15.9 Å². The van der Waals surface area contributed by atoms with Crippen LogP contribution >= 0.6 is 0 Å². The summed E-state index contributed by atoms with van der Waals surface area (Å²) < 4.78 is 29.1. The third kappa shape index (κ3) is 2.40. The van der Waals surface area contributed by atoms with Gasteiger partial charge in [-0.1, -0.05) is 6.07 Å². The third-order valence-corrected chi connectivity index (χ3v) is 7.52. The molecule has 0 unspecified atom stereocenters. The molecule has 2 aliphatic heterocycles. The molecule has 6 rings (SSSR count). The number of amides is 1. The molecule has 2 N–H and O–H groups in total. The number of benzene rings is 2. The minimum Gasteiger partial charge on any atom is -0.508 e. The predicted octanol–water partition coefficient (Wildman–Crippen LogP) is 1.77. The molecule has 1 amide bonds. The summed E-state index contributed by atoms with van der Waals surface area (Å²) >= 11 is 0. The zero-order valence-corrected chi connectivity index (χ0v) is 16.6. The fourth-order valence-electron chi connectivity index (χ4n) is 4.51. The topological polar surface area (TPSA) is 117 Å². The van der Waals surface area contributed by atoms with Crippen molar-refractivity contribution in [3.05, 3.63) is 59.4 Å². The first kappa shape index (κ1) is 17.5. The number of nitrogens with zero attached hydrogens (tertiary/aromatic N) is 4. The lowest BCUT2D eigenvalue weighted by molar-refractivity contribution is 0.0709. The maximum absolute atomic E-state index is 13.3. The fraction of sp³-hybridized carbons (Fsp3) is 0.250. The van der Waals surface area contributed by atoms with Crippen molar-refractivity contribution in [3.8, 4) is 11.4 Å². The van der Waals surface area contributed by atoms with E-state index in [1.165, 1.54) is 17.1 Å². The van der Waals surface area contributed by atoms with Crippen molar-refractivity contribution in [1.82, 2.24) is 19.7 Å². The van der Waals surface area contributed by atoms with Crippen molar-refractivity contribution < 1.29 is 18.3 Å². The Bertz CT molecular complexity index is 1340. The van der Waals surface area contributed by atoms with Gasteiger partial charge in [0.1, 0.15) is 17.0 Å². The van der Waals surface area contributed by atoms with Crippen LogP contribution in [0.2, 0.25) is 0 Å². The molecule has 1 spiro atoms. The molecule has 3 aromatic rings. The molecule has 1 aliphatic carbocycles. The Balaban J connectivity index is 1.39. The summed E-state index contributed by atoms with van der Waals surface area (Å²) in [6.07, 6.45) is 3.19. The van der Waals surface area contributed by atoms with E-state index in [9.17, 15) is 18.3 Å². The molecule has 0 atom stereocenters. The van der Waals surface area contributed by atoms with Crippen LogP contribution in [0.1, 0.15) is 34.3 Å². The van der Waals surface area contributed by atoms with Crippen molar-refractivity contribution in [2.75, 3.05) is 11.3 Å². The Morgan fingerprint density at radius 1 is 1.17 bits per heavy atom. The fourth-order valence-corrected chi connectivity index (χ4v) is 5.71. The molecule has 152 valence electrons. The molecule has 0 radical (unpaired) electrons. The first-order valence-electron chi connectivity index (χ1n) is 9.55. The van der Waals surface area contributed by atoms with Gasteiger partial charge in [-0.15, -0.1) is 0 Å². The molecule has 0 bridgehead atoms. The van der Waals surface area contributed by atoms with E-state index >= 15 is 0 Å². The van der Waals surface area contributed by atoms with Crippen LogP contribution in [0.15, 0.2) is 47.6 Å². The highest BCUT2D eigenvalue weighted by atomic mass is 32.2. The SMILES string of the molecule is O=C(c1ccc2c(c1)S(=O)(=O)Nc1ncnn1-2)N1Cc2ccc(O)cc2C2(CC2)C1. The van der Waals surface area contributed by atoms with Gasteiger partial charge in [-0.05, 0) is 54.3 Å². The number of phenols is 1. The Hall–Kier alpha value is -3.40. The third-order valence-electron chi connectivity index (χ3n) is 6.16. The van der Waals surface area contributed by atoms with Gasteiger partial charge in [-0.3, -0.25) is 4.79 Å². The number of aromatic hydroxyl groups is 1. The molecule has 30 heavy (non-hydrogen) atoms. The molecule has 1 saturated carbocycles. The van der Waals surface area contributed by atoms with Crippen molar-refractivity contribution in [1.29, 1.82) is 0 Å². The number of hydrogen-bond acceptors (Lipinski definition) is 6. The van der Waals surface area contributed by atoms with Gasteiger partial charge in [0.05, 0.1) is 5.69 Å². The number of nitrogens with one attached hydrogen (secondary N) is 1. The van der Waals surface area contributed by atoms with Crippen LogP contribution in [0, 0.1) is 0 Å². The van der Waals surface area contributed by atoms with Gasteiger partial charge in [0.2, 0.25) is 5.95 Å². The summed E-state index contributed by atoms with van der Waals surface area (Å²) in [5, 5.41) is 13.9. The number of carbonyl (C=O) groups is 1. The molecule has 3 aliphatic rings. The molecule has 3 heterocycles. The zero-order chi connectivity index (χ0) is 20.7. The lowest BCUT2D eigenvalue weighted by Crippen LogP contribution is -2.41. The summed E-state index contributed by atoms with van der Waals surface area (Å²) in [4.78, 5) is 19.0. The normalized spacial score (nSPS) is 19.4. The highest BCUT2D eigenvalue weighted by molar-refractivity contribution is 7.93. The lowest BCUT2D eigenvalue weighted by Gasteiger charge is -2.35. The maximum Gasteiger partial charge on any atom is 0.266 e. The first-order valence-corrected chi connectivity index (χ1v) is 11.0. The van der Waals surface area contributed by atoms with E-state index in [-0.39, 0.29) is 27.9 Å². The molecule has 1 fully saturated rings. The zero-order valence-electron chi connectivity index (χ0n) is 15.7. The van der Waals surface area contributed by atoms with Crippen molar-refractivity contribution >= 4 is 21.9 Å². The first-order chi connectivity index (χ1) is 14.4. The quantitative estimate of drug-likeness (QED) is 0.616. The standard InChI is InChI=1S/C20H17N5O4S/c26-14-3-1-13-9-24(10-20(5-6-20)15(13)8-14)18(27)12-2-4-16-17(7-12)30(28,29)23-19-21-11-22-25(16)19/h1-4,7-8,11,26H,5-6,9-10H2,(H,21,22,23). The average Bonchev–Trinajstić information content (AvgIpc) is 3.34. The molecule has 2 aromatic carbocycles. The average molecular weight is 423 g/mol. The minimum absolute atomic E-state index is 0.00480. The molecule has 9 nitrogen and oxygen atoms in total. The highest BCUT2D eigenvalue weighted by Crippen LogP contribution is 2.53. The number of anilines is 1. The van der Waals surface area contributed by atoms with Gasteiger partial charge >= 0.3 is 0 Å². The van der Waals surface area contributed by atoms with E-state index in [2.05, 4.69) is 14.8 Å². The van der Waals surface area contributed by atoms with Gasteiger partial charge in [-0.2, -0.15) is 14.8 Å². The smallest absolute Gasteiger partial charge is 0.266 e. The maximum atomic E-state index is 13.3. The molecular formula is C20H17N5O4S. The van der Waals surface area contributed by atoms with Gasteiger partial charge in [-0.25, -0.2) is 13.1 Å². The second-order valence-corrected chi connectivity index (χ2v) is 9.72. The van der Waals surface area contributed by atoms with Gasteiger partial charge in [0, 0.05) is 24.1 Å². The number of aromatic nitrogens is 3. The van der Waals surface area contributed by atoms with Crippen LogP contribution in [0.4, 0.5) is 5.95 Å². The van der Waals surface area contributed by atoms with Crippen LogP contribution < -0.4 is 4.72 Å². The van der Waals surface area contributed by atoms with E-state index in [0.717, 1.165) is 24.0 Å². The highest BCUT2D eigenvalue weighted by Gasteiger charge is 2.50. The predicted molar refractivity (Wildman–Crippen MR) is 106 cm³/mol. The number of carbonyl (C=O) groups excluding carboxylic acids is 1. The second-order valence-electron chi connectivity index (χ2n) is 8.07. The van der Waals surface area contributed by atoms with Crippen LogP contribution in [0.25, 0.3) is 5.69 Å². The van der Waals surface area contributed by atoms with E-state index in [4.69, 9.17) is 0 Å². The van der Waals surface area contributed by atoms with Gasteiger partial charge < -0.3 is 10.0 Å². The van der Waals surface area contributed by atoms with Crippen LogP contribution in [-0.2, 0) is 22.0 Å². The summed E-state index contributed by atoms with van der Waals surface area (Å²) in [6.45, 7) is 0.975. The van der Waals surface area contributed by atoms with E-state index in [1.54, 1.807) is 29.2 Å². The summed E-state index contributed by atoms with van der Waals surface area (Å²) in [6, 6.07) is 9.91. The Kier molecular flexibility index (Phi) is 3.26. The monoisotopic (exact) mass is 423 g/mol. The van der Waals surface area contributed by atoms with E-state index in [1.807, 2.05) is 6.07 Å². The van der Waals surface area contributed by atoms with Gasteiger partial charge in [0.15, 0.2) is 0 Å². The lowest BCUT2D eigenvalue weighted by atomic mass is 9.86.